The summed E-state index contributed by atoms with van der Waals surface area (Å²) in [6, 6.07) is 2.57. The minimum Gasteiger partial charge on any atom is -0.381 e. The number of nitrogens with zero attached hydrogens (tertiary/aromatic N) is 5. The fraction of sp³-hybridized carbons (Fsp3) is 0.765. The molecule has 2 fully saturated rings. The number of hydrogen-bond acceptors (Lipinski definition) is 6. The number of rotatable bonds is 5. The highest BCUT2D eigenvalue weighted by molar-refractivity contribution is 5.43. The fourth-order valence-electron chi connectivity index (χ4n) is 3.52. The van der Waals surface area contributed by atoms with Crippen molar-refractivity contribution in [2.45, 2.75) is 25.3 Å². The Morgan fingerprint density at radius 1 is 1.22 bits per heavy atom. The predicted octanol–water partition coefficient (Wildman–Crippen LogP) is 1.48. The Hall–Kier alpha value is -1.40. The average molecular weight is 319 g/mol. The Balaban J connectivity index is 1.53. The Labute approximate surface area is 139 Å². The molecule has 0 amide bonds. The normalized spacial score (nSPS) is 23.2. The summed E-state index contributed by atoms with van der Waals surface area (Å²) in [4.78, 5) is 15.8. The maximum absolute atomic E-state index is 5.49. The lowest BCUT2D eigenvalue weighted by Crippen LogP contribution is -2.45. The van der Waals surface area contributed by atoms with Gasteiger partial charge < -0.3 is 19.4 Å². The van der Waals surface area contributed by atoms with E-state index < -0.39 is 0 Å². The molecule has 1 atom stereocenters. The number of hydrogen-bond donors (Lipinski definition) is 0. The summed E-state index contributed by atoms with van der Waals surface area (Å²) in [7, 11) is 6.11. The zero-order valence-electron chi connectivity index (χ0n) is 14.6. The van der Waals surface area contributed by atoms with Crippen molar-refractivity contribution < 1.29 is 4.74 Å². The fourth-order valence-corrected chi connectivity index (χ4v) is 3.52. The molecule has 2 aliphatic rings. The van der Waals surface area contributed by atoms with E-state index in [1.54, 1.807) is 0 Å². The Kier molecular flexibility index (Phi) is 5.33. The lowest BCUT2D eigenvalue weighted by Gasteiger charge is -2.38. The molecular formula is C17H29N5O. The Morgan fingerprint density at radius 2 is 2.00 bits per heavy atom. The van der Waals surface area contributed by atoms with Crippen LogP contribution in [-0.2, 0) is 4.74 Å². The smallest absolute Gasteiger partial charge is 0.226 e. The van der Waals surface area contributed by atoms with E-state index in [9.17, 15) is 0 Å². The Bertz CT molecular complexity index is 496. The molecule has 6 heteroatoms. The van der Waals surface area contributed by atoms with Crippen LogP contribution in [0.2, 0.25) is 0 Å². The van der Waals surface area contributed by atoms with Crippen LogP contribution in [0.1, 0.15) is 19.3 Å². The van der Waals surface area contributed by atoms with Crippen molar-refractivity contribution in [3.05, 3.63) is 12.3 Å². The van der Waals surface area contributed by atoms with Gasteiger partial charge in [0.1, 0.15) is 5.82 Å². The zero-order valence-corrected chi connectivity index (χ0v) is 14.6. The van der Waals surface area contributed by atoms with Crippen LogP contribution in [0, 0.1) is 5.92 Å². The van der Waals surface area contributed by atoms with Gasteiger partial charge in [-0.3, -0.25) is 0 Å². The van der Waals surface area contributed by atoms with Gasteiger partial charge in [0.2, 0.25) is 5.95 Å². The van der Waals surface area contributed by atoms with Gasteiger partial charge in [0, 0.05) is 59.6 Å². The van der Waals surface area contributed by atoms with E-state index >= 15 is 0 Å². The van der Waals surface area contributed by atoms with Crippen LogP contribution in [-0.4, -0.2) is 74.9 Å². The first-order valence-electron chi connectivity index (χ1n) is 8.67. The molecule has 6 nitrogen and oxygen atoms in total. The third-order valence-corrected chi connectivity index (χ3v) is 5.03. The van der Waals surface area contributed by atoms with E-state index in [0.29, 0.717) is 6.04 Å². The van der Waals surface area contributed by atoms with Gasteiger partial charge in [0.25, 0.3) is 0 Å². The van der Waals surface area contributed by atoms with Gasteiger partial charge in [-0.1, -0.05) is 0 Å². The highest BCUT2D eigenvalue weighted by Crippen LogP contribution is 2.23. The first-order valence-corrected chi connectivity index (χ1v) is 8.67. The largest absolute Gasteiger partial charge is 0.381 e. The molecule has 128 valence electrons. The number of likely N-dealkylation sites (tertiary alicyclic amines) is 1. The van der Waals surface area contributed by atoms with Crippen molar-refractivity contribution >= 4 is 11.8 Å². The highest BCUT2D eigenvalue weighted by Gasteiger charge is 2.26. The van der Waals surface area contributed by atoms with Crippen molar-refractivity contribution in [1.29, 1.82) is 0 Å². The predicted molar refractivity (Wildman–Crippen MR) is 93.2 cm³/mol. The van der Waals surface area contributed by atoms with Crippen molar-refractivity contribution in [2.24, 2.45) is 5.92 Å². The summed E-state index contributed by atoms with van der Waals surface area (Å²) in [5, 5.41) is 0. The number of aromatic nitrogens is 2. The second-order valence-electron chi connectivity index (χ2n) is 6.98. The van der Waals surface area contributed by atoms with Crippen molar-refractivity contribution in [3.8, 4) is 0 Å². The second kappa shape index (κ2) is 7.45. The highest BCUT2D eigenvalue weighted by atomic mass is 16.5. The number of ether oxygens (including phenoxy) is 1. The van der Waals surface area contributed by atoms with Gasteiger partial charge in [-0.15, -0.1) is 0 Å². The van der Waals surface area contributed by atoms with Crippen molar-refractivity contribution in [3.63, 3.8) is 0 Å². The molecular weight excluding hydrogens is 290 g/mol. The van der Waals surface area contributed by atoms with Crippen LogP contribution < -0.4 is 9.80 Å². The lowest BCUT2D eigenvalue weighted by atomic mass is 10.0. The molecule has 0 radical (unpaired) electrons. The topological polar surface area (TPSA) is 44.7 Å². The molecule has 0 N–H and O–H groups in total. The SMILES string of the molecule is CN(C)c1nccc(N(C)C2CCN(C[C@@H]3CCOC3)CC2)n1. The van der Waals surface area contributed by atoms with Crippen LogP contribution >= 0.6 is 0 Å². The van der Waals surface area contributed by atoms with Gasteiger partial charge in [0.05, 0.1) is 6.61 Å². The molecule has 1 aromatic heterocycles. The molecule has 0 aromatic carbocycles. The van der Waals surface area contributed by atoms with Gasteiger partial charge in [-0.25, -0.2) is 4.98 Å². The molecule has 1 aromatic rings. The van der Waals surface area contributed by atoms with E-state index in [1.807, 2.05) is 31.3 Å². The summed E-state index contributed by atoms with van der Waals surface area (Å²) in [6.45, 7) is 5.46. The molecule has 0 unspecified atom stereocenters. The first kappa shape index (κ1) is 16.5. The molecule has 0 spiro atoms. The molecule has 0 saturated carbocycles. The Morgan fingerprint density at radius 3 is 2.65 bits per heavy atom. The van der Waals surface area contributed by atoms with Crippen LogP contribution in [0.3, 0.4) is 0 Å². The van der Waals surface area contributed by atoms with Crippen LogP contribution in [0.15, 0.2) is 12.3 Å². The molecule has 3 rings (SSSR count). The van der Waals surface area contributed by atoms with Gasteiger partial charge in [-0.2, -0.15) is 4.98 Å². The number of anilines is 2. The summed E-state index contributed by atoms with van der Waals surface area (Å²) < 4.78 is 5.49. The van der Waals surface area contributed by atoms with Gasteiger partial charge in [-0.05, 0) is 31.2 Å². The van der Waals surface area contributed by atoms with E-state index in [2.05, 4.69) is 26.8 Å². The van der Waals surface area contributed by atoms with Crippen molar-refractivity contribution in [1.82, 2.24) is 14.9 Å². The maximum atomic E-state index is 5.49. The molecule has 0 bridgehead atoms. The van der Waals surface area contributed by atoms with E-state index in [1.165, 1.54) is 38.9 Å². The molecule has 2 aliphatic heterocycles. The maximum Gasteiger partial charge on any atom is 0.226 e. The zero-order chi connectivity index (χ0) is 16.2. The van der Waals surface area contributed by atoms with E-state index in [0.717, 1.165) is 30.9 Å². The number of piperidine rings is 1. The quantitative estimate of drug-likeness (QED) is 0.819. The van der Waals surface area contributed by atoms with Crippen LogP contribution in [0.4, 0.5) is 11.8 Å². The van der Waals surface area contributed by atoms with Crippen LogP contribution in [0.5, 0.6) is 0 Å². The third-order valence-electron chi connectivity index (χ3n) is 5.03. The minimum absolute atomic E-state index is 0.566. The standard InChI is InChI=1S/C17H29N5O/c1-20(2)17-18-8-4-16(19-17)21(3)15-5-9-22(10-6-15)12-14-7-11-23-13-14/h4,8,14-15H,5-7,9-13H2,1-3H3/t14-/m0/s1. The summed E-state index contributed by atoms with van der Waals surface area (Å²) >= 11 is 0. The summed E-state index contributed by atoms with van der Waals surface area (Å²) in [5.41, 5.74) is 0. The van der Waals surface area contributed by atoms with E-state index in [-0.39, 0.29) is 0 Å². The summed E-state index contributed by atoms with van der Waals surface area (Å²) in [6.07, 6.45) is 5.48. The molecule has 2 saturated heterocycles. The van der Waals surface area contributed by atoms with Gasteiger partial charge >= 0.3 is 0 Å². The van der Waals surface area contributed by atoms with Crippen molar-refractivity contribution in [2.75, 3.05) is 63.8 Å². The monoisotopic (exact) mass is 319 g/mol. The first-order chi connectivity index (χ1) is 11.1. The molecule has 0 aliphatic carbocycles. The van der Waals surface area contributed by atoms with Gasteiger partial charge in [0.15, 0.2) is 0 Å². The minimum atomic E-state index is 0.566. The average Bonchev–Trinajstić information content (AvgIpc) is 3.08. The van der Waals surface area contributed by atoms with E-state index in [4.69, 9.17) is 4.74 Å². The third kappa shape index (κ3) is 4.12. The second-order valence-corrected chi connectivity index (χ2v) is 6.98. The molecule has 3 heterocycles. The molecule has 23 heavy (non-hydrogen) atoms. The summed E-state index contributed by atoms with van der Waals surface area (Å²) in [5.74, 6) is 2.54. The van der Waals surface area contributed by atoms with Crippen LogP contribution in [0.25, 0.3) is 0 Å². The lowest BCUT2D eigenvalue weighted by molar-refractivity contribution is 0.152.